The fraction of sp³-hybridized carbons (Fsp3) is 0.700. The smallest absolute Gasteiger partial charge is 0.307 e. The Morgan fingerprint density at radius 3 is 2.50 bits per heavy atom. The van der Waals surface area contributed by atoms with Crippen LogP contribution in [0.5, 0.6) is 0 Å². The van der Waals surface area contributed by atoms with Crippen molar-refractivity contribution in [2.75, 3.05) is 26.7 Å². The maximum atomic E-state index is 11.8. The topological polar surface area (TPSA) is 77.9 Å². The van der Waals surface area contributed by atoms with Crippen LogP contribution in [0.25, 0.3) is 0 Å². The quantitative estimate of drug-likeness (QED) is 0.655. The van der Waals surface area contributed by atoms with Crippen LogP contribution in [-0.4, -0.2) is 59.4 Å². The van der Waals surface area contributed by atoms with E-state index in [2.05, 4.69) is 0 Å². The van der Waals surface area contributed by atoms with Crippen LogP contribution in [0.4, 0.5) is 0 Å². The van der Waals surface area contributed by atoms with Crippen LogP contribution in [0.1, 0.15) is 6.42 Å². The summed E-state index contributed by atoms with van der Waals surface area (Å²) in [5.41, 5.74) is 0. The fourth-order valence-corrected chi connectivity index (χ4v) is 1.92. The molecule has 0 aromatic rings. The number of likely N-dealkylation sites (N-methyl/N-ethyl adjacent to an activating group) is 1. The molecule has 2 aliphatic rings. The Labute approximate surface area is 92.8 Å². The summed E-state index contributed by atoms with van der Waals surface area (Å²) in [5.74, 6) is -2.14. The van der Waals surface area contributed by atoms with Crippen LogP contribution in [0, 0.1) is 11.8 Å². The summed E-state index contributed by atoms with van der Waals surface area (Å²) in [6.07, 6.45) is 0.411. The highest BCUT2D eigenvalue weighted by atomic mass is 16.4. The van der Waals surface area contributed by atoms with Gasteiger partial charge in [0.1, 0.15) is 0 Å². The second-order valence-electron chi connectivity index (χ2n) is 4.36. The number of rotatable bonds is 2. The zero-order valence-electron chi connectivity index (χ0n) is 9.05. The molecule has 2 fully saturated rings. The van der Waals surface area contributed by atoms with Crippen molar-refractivity contribution in [2.45, 2.75) is 6.42 Å². The van der Waals surface area contributed by atoms with Gasteiger partial charge in [-0.05, 0) is 6.42 Å². The van der Waals surface area contributed by atoms with Gasteiger partial charge < -0.3 is 14.9 Å². The number of nitrogens with zero attached hydrogens (tertiary/aromatic N) is 2. The van der Waals surface area contributed by atoms with E-state index in [-0.39, 0.29) is 18.4 Å². The molecule has 1 saturated carbocycles. The number of carboxylic acid groups (broad SMARTS) is 1. The standard InChI is InChI=1S/C10H14N2O4/c1-11-2-3-12(5-8(11)13)9(14)6-4-7(6)10(15)16/h6-7H,2-5H2,1H3,(H,15,16). The van der Waals surface area contributed by atoms with Crippen LogP contribution in [0.15, 0.2) is 0 Å². The highest BCUT2D eigenvalue weighted by Gasteiger charge is 2.50. The molecular weight excluding hydrogens is 212 g/mol. The lowest BCUT2D eigenvalue weighted by molar-refractivity contribution is -0.146. The number of carbonyl (C=O) groups is 3. The fourth-order valence-electron chi connectivity index (χ4n) is 1.92. The molecule has 2 rings (SSSR count). The summed E-state index contributed by atoms with van der Waals surface area (Å²) in [5, 5.41) is 8.72. The molecule has 1 heterocycles. The molecule has 2 amide bonds. The predicted molar refractivity (Wildman–Crippen MR) is 53.4 cm³/mol. The lowest BCUT2D eigenvalue weighted by Crippen LogP contribution is -2.51. The van der Waals surface area contributed by atoms with E-state index in [1.807, 2.05) is 0 Å². The monoisotopic (exact) mass is 226 g/mol. The number of hydrogen-bond donors (Lipinski definition) is 1. The van der Waals surface area contributed by atoms with Gasteiger partial charge in [0.05, 0.1) is 18.4 Å². The predicted octanol–water partition coefficient (Wildman–Crippen LogP) is -0.992. The highest BCUT2D eigenvalue weighted by molar-refractivity contribution is 5.92. The second-order valence-corrected chi connectivity index (χ2v) is 4.36. The largest absolute Gasteiger partial charge is 0.481 e. The van der Waals surface area contributed by atoms with Gasteiger partial charge in [0, 0.05) is 20.1 Å². The van der Waals surface area contributed by atoms with Crippen molar-refractivity contribution in [2.24, 2.45) is 11.8 Å². The third-order valence-corrected chi connectivity index (χ3v) is 3.19. The SMILES string of the molecule is CN1CCN(C(=O)C2CC2C(=O)O)CC1=O. The number of amides is 2. The van der Waals surface area contributed by atoms with E-state index < -0.39 is 17.8 Å². The molecule has 6 nitrogen and oxygen atoms in total. The molecule has 2 atom stereocenters. The summed E-state index contributed by atoms with van der Waals surface area (Å²) in [4.78, 5) is 36.9. The molecular formula is C10H14N2O4. The molecule has 0 bridgehead atoms. The van der Waals surface area contributed by atoms with E-state index in [9.17, 15) is 14.4 Å². The molecule has 0 aromatic carbocycles. The minimum Gasteiger partial charge on any atom is -0.481 e. The maximum absolute atomic E-state index is 11.8. The molecule has 1 N–H and O–H groups in total. The third-order valence-electron chi connectivity index (χ3n) is 3.19. The van der Waals surface area contributed by atoms with E-state index in [0.717, 1.165) is 0 Å². The van der Waals surface area contributed by atoms with Crippen molar-refractivity contribution in [3.8, 4) is 0 Å². The summed E-state index contributed by atoms with van der Waals surface area (Å²) < 4.78 is 0. The Bertz CT molecular complexity index is 355. The van der Waals surface area contributed by atoms with Gasteiger partial charge in [0.25, 0.3) is 0 Å². The zero-order valence-corrected chi connectivity index (χ0v) is 9.05. The van der Waals surface area contributed by atoms with Crippen LogP contribution in [-0.2, 0) is 14.4 Å². The highest BCUT2D eigenvalue weighted by Crippen LogP contribution is 2.40. The zero-order chi connectivity index (χ0) is 11.9. The summed E-state index contributed by atoms with van der Waals surface area (Å²) in [6, 6.07) is 0. The number of carboxylic acids is 1. The van der Waals surface area contributed by atoms with Crippen molar-refractivity contribution < 1.29 is 19.5 Å². The first-order valence-corrected chi connectivity index (χ1v) is 5.26. The molecule has 1 aliphatic heterocycles. The van der Waals surface area contributed by atoms with Gasteiger partial charge in [-0.3, -0.25) is 14.4 Å². The van der Waals surface area contributed by atoms with Gasteiger partial charge in [0.15, 0.2) is 0 Å². The van der Waals surface area contributed by atoms with Crippen molar-refractivity contribution in [3.05, 3.63) is 0 Å². The van der Waals surface area contributed by atoms with Gasteiger partial charge in [-0.2, -0.15) is 0 Å². The summed E-state index contributed by atoms with van der Waals surface area (Å²) >= 11 is 0. The Morgan fingerprint density at radius 2 is 2.00 bits per heavy atom. The summed E-state index contributed by atoms with van der Waals surface area (Å²) in [7, 11) is 1.70. The van der Waals surface area contributed by atoms with Gasteiger partial charge >= 0.3 is 5.97 Å². The van der Waals surface area contributed by atoms with Crippen molar-refractivity contribution in [1.82, 2.24) is 9.80 Å². The van der Waals surface area contributed by atoms with Gasteiger partial charge in [-0.15, -0.1) is 0 Å². The molecule has 0 radical (unpaired) electrons. The number of aliphatic carboxylic acids is 1. The summed E-state index contributed by atoms with van der Waals surface area (Å²) in [6.45, 7) is 1.11. The Hall–Kier alpha value is -1.59. The Morgan fingerprint density at radius 1 is 1.31 bits per heavy atom. The van der Waals surface area contributed by atoms with Crippen LogP contribution < -0.4 is 0 Å². The first-order chi connectivity index (χ1) is 7.50. The Balaban J connectivity index is 1.92. The minimum atomic E-state index is -0.918. The lowest BCUT2D eigenvalue weighted by Gasteiger charge is -2.32. The Kier molecular flexibility index (Phi) is 2.57. The van der Waals surface area contributed by atoms with Crippen molar-refractivity contribution >= 4 is 17.8 Å². The first-order valence-electron chi connectivity index (χ1n) is 5.26. The third kappa shape index (κ3) is 1.87. The molecule has 88 valence electrons. The average molecular weight is 226 g/mol. The number of hydrogen-bond acceptors (Lipinski definition) is 3. The normalized spacial score (nSPS) is 29.2. The molecule has 2 unspecified atom stereocenters. The van der Waals surface area contributed by atoms with Crippen LogP contribution >= 0.6 is 0 Å². The molecule has 1 saturated heterocycles. The van der Waals surface area contributed by atoms with Gasteiger partial charge in [0.2, 0.25) is 11.8 Å². The number of carbonyl (C=O) groups excluding carboxylic acids is 2. The second kappa shape index (κ2) is 3.77. The molecule has 6 heteroatoms. The number of piperazine rings is 1. The molecule has 0 aromatic heterocycles. The van der Waals surface area contributed by atoms with Crippen LogP contribution in [0.2, 0.25) is 0 Å². The van der Waals surface area contributed by atoms with Crippen LogP contribution in [0.3, 0.4) is 0 Å². The van der Waals surface area contributed by atoms with E-state index in [4.69, 9.17) is 5.11 Å². The first kappa shape index (κ1) is 10.9. The van der Waals surface area contributed by atoms with Crippen molar-refractivity contribution in [1.29, 1.82) is 0 Å². The minimum absolute atomic E-state index is 0.0815. The maximum Gasteiger partial charge on any atom is 0.307 e. The van der Waals surface area contributed by atoms with E-state index in [0.29, 0.717) is 19.5 Å². The molecule has 0 spiro atoms. The molecule has 16 heavy (non-hydrogen) atoms. The average Bonchev–Trinajstić information content (AvgIpc) is 3.01. The van der Waals surface area contributed by atoms with Crippen molar-refractivity contribution in [3.63, 3.8) is 0 Å². The lowest BCUT2D eigenvalue weighted by atomic mass is 10.2. The van der Waals surface area contributed by atoms with E-state index in [1.54, 1.807) is 11.9 Å². The van der Waals surface area contributed by atoms with E-state index in [1.165, 1.54) is 4.90 Å². The molecule has 1 aliphatic carbocycles. The van der Waals surface area contributed by atoms with E-state index >= 15 is 0 Å². The van der Waals surface area contributed by atoms with Gasteiger partial charge in [-0.25, -0.2) is 0 Å². The van der Waals surface area contributed by atoms with Gasteiger partial charge in [-0.1, -0.05) is 0 Å².